The lowest BCUT2D eigenvalue weighted by Gasteiger charge is -2.19. The van der Waals surface area contributed by atoms with Crippen molar-refractivity contribution in [2.75, 3.05) is 19.7 Å². The summed E-state index contributed by atoms with van der Waals surface area (Å²) in [5, 5.41) is 8.80. The number of aliphatic hydroxyl groups is 1. The maximum Gasteiger partial charge on any atom is 0.223 e. The second-order valence-corrected chi connectivity index (χ2v) is 5.44. The van der Waals surface area contributed by atoms with E-state index >= 15 is 0 Å². The molecule has 0 aliphatic heterocycles. The molecule has 0 aliphatic rings. The van der Waals surface area contributed by atoms with Gasteiger partial charge in [-0.15, -0.1) is 11.3 Å². The van der Waals surface area contributed by atoms with Crippen LogP contribution in [0.15, 0.2) is 12.1 Å². The first-order chi connectivity index (χ1) is 8.58. The number of aliphatic hydroxyl groups excluding tert-OH is 1. The summed E-state index contributed by atoms with van der Waals surface area (Å²) in [5.41, 5.74) is 0. The Labute approximate surface area is 115 Å². The third kappa shape index (κ3) is 4.40. The van der Waals surface area contributed by atoms with E-state index in [4.69, 9.17) is 16.7 Å². The van der Waals surface area contributed by atoms with Crippen molar-refractivity contribution in [3.8, 4) is 0 Å². The molecule has 1 rings (SSSR count). The molecule has 6 heteroatoms. The fourth-order valence-electron chi connectivity index (χ4n) is 1.55. The predicted molar refractivity (Wildman–Crippen MR) is 72.2 cm³/mol. The number of hydrogen-bond donors (Lipinski definition) is 1. The third-order valence-corrected chi connectivity index (χ3v) is 3.79. The molecule has 0 atom stereocenters. The summed E-state index contributed by atoms with van der Waals surface area (Å²) < 4.78 is 0.570. The number of Topliss-reactive ketones (excluding diaryl/α,β-unsaturated/α-hetero) is 1. The van der Waals surface area contributed by atoms with Gasteiger partial charge in [-0.25, -0.2) is 0 Å². The number of amides is 1. The fraction of sp³-hybridized carbons (Fsp3) is 0.500. The van der Waals surface area contributed by atoms with E-state index in [1.54, 1.807) is 12.1 Å². The van der Waals surface area contributed by atoms with Crippen LogP contribution in [0.1, 0.15) is 29.4 Å². The van der Waals surface area contributed by atoms with Crippen molar-refractivity contribution >= 4 is 34.6 Å². The van der Waals surface area contributed by atoms with Gasteiger partial charge in [0.15, 0.2) is 5.78 Å². The van der Waals surface area contributed by atoms with E-state index in [2.05, 4.69) is 0 Å². The minimum atomic E-state index is -0.109. The van der Waals surface area contributed by atoms with Crippen LogP contribution in [0.5, 0.6) is 0 Å². The summed E-state index contributed by atoms with van der Waals surface area (Å²) >= 11 is 6.97. The van der Waals surface area contributed by atoms with Crippen LogP contribution >= 0.6 is 22.9 Å². The fourth-order valence-corrected chi connectivity index (χ4v) is 2.56. The Hall–Kier alpha value is -0.910. The highest BCUT2D eigenvalue weighted by Crippen LogP contribution is 2.22. The van der Waals surface area contributed by atoms with Crippen LogP contribution < -0.4 is 0 Å². The third-order valence-electron chi connectivity index (χ3n) is 2.52. The lowest BCUT2D eigenvalue weighted by Crippen LogP contribution is -2.33. The summed E-state index contributed by atoms with van der Waals surface area (Å²) in [6.45, 7) is 2.63. The number of rotatable bonds is 7. The molecule has 1 heterocycles. The normalized spacial score (nSPS) is 10.4. The van der Waals surface area contributed by atoms with Gasteiger partial charge in [0.25, 0.3) is 0 Å². The molecule has 0 aromatic carbocycles. The minimum Gasteiger partial charge on any atom is -0.395 e. The molecule has 0 bridgehead atoms. The van der Waals surface area contributed by atoms with Crippen LogP contribution in [-0.2, 0) is 4.79 Å². The number of carbonyl (C=O) groups excluding carboxylic acids is 2. The van der Waals surface area contributed by atoms with E-state index in [1.165, 1.54) is 16.2 Å². The van der Waals surface area contributed by atoms with E-state index in [1.807, 2.05) is 6.92 Å². The van der Waals surface area contributed by atoms with Crippen LogP contribution in [0.4, 0.5) is 0 Å². The molecule has 0 saturated heterocycles. The average Bonchev–Trinajstić information content (AvgIpc) is 2.79. The summed E-state index contributed by atoms with van der Waals surface area (Å²) in [4.78, 5) is 25.6. The first-order valence-corrected chi connectivity index (χ1v) is 6.95. The van der Waals surface area contributed by atoms with E-state index in [0.717, 1.165) is 0 Å². The monoisotopic (exact) mass is 289 g/mol. The zero-order valence-corrected chi connectivity index (χ0v) is 11.8. The first kappa shape index (κ1) is 15.1. The number of likely N-dealkylation sites (N-methyl/N-ethyl adjacent to an activating group) is 1. The Balaban J connectivity index is 2.45. The molecule has 1 aromatic rings. The quantitative estimate of drug-likeness (QED) is 0.783. The van der Waals surface area contributed by atoms with Crippen LogP contribution in [-0.4, -0.2) is 41.4 Å². The summed E-state index contributed by atoms with van der Waals surface area (Å²) in [5.74, 6) is -0.178. The molecule has 100 valence electrons. The number of thiophene rings is 1. The van der Waals surface area contributed by atoms with Gasteiger partial charge in [-0.3, -0.25) is 9.59 Å². The van der Waals surface area contributed by atoms with Gasteiger partial charge in [-0.1, -0.05) is 11.6 Å². The van der Waals surface area contributed by atoms with Gasteiger partial charge in [0.1, 0.15) is 0 Å². The van der Waals surface area contributed by atoms with Crippen LogP contribution in [0.2, 0.25) is 4.34 Å². The van der Waals surface area contributed by atoms with Crippen molar-refractivity contribution in [3.05, 3.63) is 21.3 Å². The van der Waals surface area contributed by atoms with Gasteiger partial charge in [0.05, 0.1) is 15.8 Å². The molecule has 0 radical (unpaired) electrons. The highest BCUT2D eigenvalue weighted by Gasteiger charge is 2.15. The Morgan fingerprint density at radius 3 is 2.61 bits per heavy atom. The Bertz CT molecular complexity index is 419. The van der Waals surface area contributed by atoms with E-state index in [0.29, 0.717) is 22.3 Å². The van der Waals surface area contributed by atoms with E-state index in [-0.39, 0.29) is 31.1 Å². The Morgan fingerprint density at radius 2 is 2.11 bits per heavy atom. The van der Waals surface area contributed by atoms with Gasteiger partial charge in [0, 0.05) is 25.9 Å². The topological polar surface area (TPSA) is 57.6 Å². The van der Waals surface area contributed by atoms with Crippen LogP contribution in [0, 0.1) is 0 Å². The van der Waals surface area contributed by atoms with Crippen molar-refractivity contribution in [3.63, 3.8) is 0 Å². The second-order valence-electron chi connectivity index (χ2n) is 3.72. The van der Waals surface area contributed by atoms with Gasteiger partial charge in [0.2, 0.25) is 5.91 Å². The number of hydrogen-bond acceptors (Lipinski definition) is 4. The van der Waals surface area contributed by atoms with E-state index < -0.39 is 0 Å². The largest absolute Gasteiger partial charge is 0.395 e. The predicted octanol–water partition coefficient (Wildman–Crippen LogP) is 2.21. The zero-order chi connectivity index (χ0) is 13.5. The molecule has 0 aliphatic carbocycles. The standard InChI is InChI=1S/C12H16ClNO3S/c1-2-14(7-8-15)12(17)6-3-9(16)10-4-5-11(13)18-10/h4-5,15H,2-3,6-8H2,1H3. The number of nitrogens with zero attached hydrogens (tertiary/aromatic N) is 1. The van der Waals surface area contributed by atoms with Crippen LogP contribution in [0.3, 0.4) is 0 Å². The molecule has 0 unspecified atom stereocenters. The molecule has 0 saturated carbocycles. The lowest BCUT2D eigenvalue weighted by molar-refractivity contribution is -0.131. The lowest BCUT2D eigenvalue weighted by atomic mass is 10.2. The molecular weight excluding hydrogens is 274 g/mol. The average molecular weight is 290 g/mol. The van der Waals surface area contributed by atoms with Crippen LogP contribution in [0.25, 0.3) is 0 Å². The van der Waals surface area contributed by atoms with Crippen molar-refractivity contribution in [2.45, 2.75) is 19.8 Å². The van der Waals surface area contributed by atoms with Gasteiger partial charge in [-0.2, -0.15) is 0 Å². The molecule has 4 nitrogen and oxygen atoms in total. The smallest absolute Gasteiger partial charge is 0.223 e. The van der Waals surface area contributed by atoms with Gasteiger partial charge >= 0.3 is 0 Å². The van der Waals surface area contributed by atoms with Crippen molar-refractivity contribution in [2.24, 2.45) is 0 Å². The molecular formula is C12H16ClNO3S. The summed E-state index contributed by atoms with van der Waals surface area (Å²) in [7, 11) is 0. The molecule has 1 N–H and O–H groups in total. The Morgan fingerprint density at radius 1 is 1.39 bits per heavy atom. The van der Waals surface area contributed by atoms with Gasteiger partial charge in [-0.05, 0) is 19.1 Å². The van der Waals surface area contributed by atoms with Crippen molar-refractivity contribution in [1.82, 2.24) is 4.90 Å². The SMILES string of the molecule is CCN(CCO)C(=O)CCC(=O)c1ccc(Cl)s1. The zero-order valence-electron chi connectivity index (χ0n) is 10.2. The summed E-state index contributed by atoms with van der Waals surface area (Å²) in [6.07, 6.45) is 0.347. The highest BCUT2D eigenvalue weighted by atomic mass is 35.5. The maximum absolute atomic E-state index is 11.8. The van der Waals surface area contributed by atoms with Crippen molar-refractivity contribution < 1.29 is 14.7 Å². The molecule has 0 spiro atoms. The number of ketones is 1. The maximum atomic E-state index is 11.8. The highest BCUT2D eigenvalue weighted by molar-refractivity contribution is 7.18. The molecule has 1 amide bonds. The number of halogens is 1. The number of carbonyl (C=O) groups is 2. The molecule has 0 fully saturated rings. The second kappa shape index (κ2) is 7.51. The first-order valence-electron chi connectivity index (χ1n) is 5.75. The summed E-state index contributed by atoms with van der Waals surface area (Å²) in [6, 6.07) is 3.34. The van der Waals surface area contributed by atoms with Crippen molar-refractivity contribution in [1.29, 1.82) is 0 Å². The van der Waals surface area contributed by atoms with E-state index in [9.17, 15) is 9.59 Å². The van der Waals surface area contributed by atoms with Gasteiger partial charge < -0.3 is 10.0 Å². The Kier molecular flexibility index (Phi) is 6.32. The molecule has 1 aromatic heterocycles. The minimum absolute atomic E-state index is 0.0614. The molecule has 18 heavy (non-hydrogen) atoms.